The molecule has 4 aromatic rings. The molecule has 0 N–H and O–H groups in total. The highest BCUT2D eigenvalue weighted by Gasteiger charge is 2.35. The van der Waals surface area contributed by atoms with E-state index >= 15 is 0 Å². The Hall–Kier alpha value is -4.74. The molecule has 1 aromatic heterocycles. The maximum Gasteiger partial charge on any atom is 0.293 e. The molecule has 2 amide bonds. The van der Waals surface area contributed by atoms with Gasteiger partial charge in [0.15, 0.2) is 0 Å². The molecule has 0 spiro atoms. The van der Waals surface area contributed by atoms with Gasteiger partial charge in [0.25, 0.3) is 11.1 Å². The predicted octanol–water partition coefficient (Wildman–Crippen LogP) is 7.18. The second kappa shape index (κ2) is 11.6. The maximum absolute atomic E-state index is 13.0. The predicted molar refractivity (Wildman–Crippen MR) is 156 cm³/mol. The van der Waals surface area contributed by atoms with Gasteiger partial charge in [-0.15, -0.1) is 0 Å². The van der Waals surface area contributed by atoms with Crippen LogP contribution in [0.3, 0.4) is 0 Å². The number of carbonyl (C=O) groups is 2. The molecule has 5 rings (SSSR count). The van der Waals surface area contributed by atoms with Gasteiger partial charge in [-0.25, -0.2) is 0 Å². The quantitative estimate of drug-likeness (QED) is 0.216. The van der Waals surface area contributed by atoms with Gasteiger partial charge in [-0.05, 0) is 111 Å². The number of benzene rings is 3. The summed E-state index contributed by atoms with van der Waals surface area (Å²) in [5.74, 6) is 1.72. The number of hydrogen-bond acceptors (Lipinski definition) is 6. The third kappa shape index (κ3) is 5.80. The smallest absolute Gasteiger partial charge is 0.293 e. The molecule has 0 saturated carbocycles. The number of rotatable bonds is 8. The van der Waals surface area contributed by atoms with Gasteiger partial charge in [-0.2, -0.15) is 5.26 Å². The number of ether oxygens (including phenoxy) is 2. The van der Waals surface area contributed by atoms with Crippen molar-refractivity contribution < 1.29 is 19.1 Å². The van der Waals surface area contributed by atoms with Crippen LogP contribution in [0.4, 0.5) is 4.79 Å². The zero-order valence-electron chi connectivity index (χ0n) is 22.4. The first kappa shape index (κ1) is 26.9. The van der Waals surface area contributed by atoms with Crippen LogP contribution in [0.25, 0.3) is 11.8 Å². The van der Waals surface area contributed by atoms with Gasteiger partial charge in [0.05, 0.1) is 23.1 Å². The Balaban J connectivity index is 1.27. The van der Waals surface area contributed by atoms with E-state index in [4.69, 9.17) is 14.7 Å². The average Bonchev–Trinajstić information content (AvgIpc) is 3.39. The van der Waals surface area contributed by atoms with E-state index in [-0.39, 0.29) is 24.3 Å². The van der Waals surface area contributed by atoms with Gasteiger partial charge in [0.2, 0.25) is 0 Å². The maximum atomic E-state index is 13.0. The van der Waals surface area contributed by atoms with Crippen molar-refractivity contribution in [2.45, 2.75) is 20.8 Å². The van der Waals surface area contributed by atoms with Crippen LogP contribution in [0, 0.1) is 32.1 Å². The largest absolute Gasteiger partial charge is 0.492 e. The summed E-state index contributed by atoms with van der Waals surface area (Å²) in [5, 5.41) is 8.66. The van der Waals surface area contributed by atoms with E-state index in [1.54, 1.807) is 30.3 Å². The van der Waals surface area contributed by atoms with Gasteiger partial charge in [0.1, 0.15) is 23.9 Å². The Morgan fingerprint density at radius 3 is 2.15 bits per heavy atom. The zero-order chi connectivity index (χ0) is 28.2. The number of nitriles is 1. The molecule has 0 unspecified atom stereocenters. The Kier molecular flexibility index (Phi) is 7.76. The summed E-state index contributed by atoms with van der Waals surface area (Å²) < 4.78 is 13.7. The molecule has 1 fully saturated rings. The Labute approximate surface area is 237 Å². The number of hydrogen-bond donors (Lipinski definition) is 0. The number of nitrogens with zero attached hydrogens (tertiary/aromatic N) is 3. The van der Waals surface area contributed by atoms with Crippen molar-refractivity contribution in [3.8, 4) is 29.0 Å². The number of imide groups is 1. The van der Waals surface area contributed by atoms with Crippen molar-refractivity contribution in [1.82, 2.24) is 9.47 Å². The molecule has 3 aromatic carbocycles. The monoisotopic (exact) mass is 549 g/mol. The third-order valence-electron chi connectivity index (χ3n) is 6.55. The fourth-order valence-electron chi connectivity index (χ4n) is 4.45. The first-order valence-electron chi connectivity index (χ1n) is 12.7. The van der Waals surface area contributed by atoms with Crippen molar-refractivity contribution >= 4 is 29.0 Å². The van der Waals surface area contributed by atoms with Crippen LogP contribution in [-0.4, -0.2) is 33.8 Å². The van der Waals surface area contributed by atoms with Gasteiger partial charge in [-0.1, -0.05) is 17.7 Å². The fraction of sp³-hybridized carbons (Fsp3) is 0.156. The standard InChI is InChI=1S/C32H27N3O4S/c1-21-4-10-27(11-5-21)38-17-16-34-31(36)30(40-32(34)37)19-25-18-22(2)35(23(25)3)26-8-14-29(15-9-26)39-28-12-6-24(20-33)7-13-28/h4-15,18-19H,16-17H2,1-3H3/b30-19-. The summed E-state index contributed by atoms with van der Waals surface area (Å²) in [5.41, 5.74) is 5.48. The first-order valence-corrected chi connectivity index (χ1v) is 13.6. The Bertz CT molecular complexity index is 1630. The molecule has 8 heteroatoms. The molecule has 1 saturated heterocycles. The molecule has 0 radical (unpaired) electrons. The molecule has 1 aliphatic heterocycles. The summed E-state index contributed by atoms with van der Waals surface area (Å²) in [6.07, 6.45) is 1.78. The van der Waals surface area contributed by atoms with E-state index in [9.17, 15) is 9.59 Å². The molecule has 7 nitrogen and oxygen atoms in total. The van der Waals surface area contributed by atoms with Gasteiger partial charge in [-0.3, -0.25) is 14.5 Å². The van der Waals surface area contributed by atoms with Crippen molar-refractivity contribution in [2.75, 3.05) is 13.2 Å². The lowest BCUT2D eigenvalue weighted by molar-refractivity contribution is -0.123. The molecule has 40 heavy (non-hydrogen) atoms. The number of thioether (sulfide) groups is 1. The zero-order valence-corrected chi connectivity index (χ0v) is 23.2. The fourth-order valence-corrected chi connectivity index (χ4v) is 5.31. The van der Waals surface area contributed by atoms with Crippen molar-refractivity contribution in [3.05, 3.63) is 112 Å². The molecular formula is C32H27N3O4S. The SMILES string of the molecule is Cc1ccc(OCCN2C(=O)S/C(=C\c3cc(C)n(-c4ccc(Oc5ccc(C#N)cc5)cc4)c3C)C2=O)cc1. The van der Waals surface area contributed by atoms with Crippen LogP contribution in [0.15, 0.2) is 83.8 Å². The minimum atomic E-state index is -0.309. The summed E-state index contributed by atoms with van der Waals surface area (Å²) >= 11 is 0.949. The molecule has 0 atom stereocenters. The van der Waals surface area contributed by atoms with Gasteiger partial charge in [0, 0.05) is 17.1 Å². The summed E-state index contributed by atoms with van der Waals surface area (Å²) in [7, 11) is 0. The Morgan fingerprint density at radius 1 is 0.875 bits per heavy atom. The van der Waals surface area contributed by atoms with E-state index in [0.29, 0.717) is 27.7 Å². The number of aromatic nitrogens is 1. The van der Waals surface area contributed by atoms with E-state index in [1.807, 2.05) is 75.4 Å². The van der Waals surface area contributed by atoms with E-state index in [0.717, 1.165) is 40.0 Å². The van der Waals surface area contributed by atoms with Gasteiger partial charge >= 0.3 is 0 Å². The third-order valence-corrected chi connectivity index (χ3v) is 7.46. The van der Waals surface area contributed by atoms with Crippen LogP contribution in [0.1, 0.15) is 28.1 Å². The molecule has 0 aliphatic carbocycles. The van der Waals surface area contributed by atoms with Crippen molar-refractivity contribution in [3.63, 3.8) is 0 Å². The van der Waals surface area contributed by atoms with Crippen LogP contribution < -0.4 is 9.47 Å². The van der Waals surface area contributed by atoms with Crippen LogP contribution in [0.2, 0.25) is 0 Å². The average molecular weight is 550 g/mol. The minimum absolute atomic E-state index is 0.186. The lowest BCUT2D eigenvalue weighted by Crippen LogP contribution is -2.32. The van der Waals surface area contributed by atoms with E-state index < -0.39 is 0 Å². The van der Waals surface area contributed by atoms with E-state index in [2.05, 4.69) is 10.6 Å². The molecule has 1 aliphatic rings. The normalized spacial score (nSPS) is 14.1. The Morgan fingerprint density at radius 2 is 1.50 bits per heavy atom. The van der Waals surface area contributed by atoms with E-state index in [1.165, 1.54) is 4.90 Å². The second-order valence-electron chi connectivity index (χ2n) is 9.39. The van der Waals surface area contributed by atoms with Crippen LogP contribution in [-0.2, 0) is 4.79 Å². The highest BCUT2D eigenvalue weighted by Crippen LogP contribution is 2.34. The second-order valence-corrected chi connectivity index (χ2v) is 10.4. The van der Waals surface area contributed by atoms with Crippen LogP contribution in [0.5, 0.6) is 17.2 Å². The summed E-state index contributed by atoms with van der Waals surface area (Å²) in [4.78, 5) is 27.2. The van der Waals surface area contributed by atoms with Gasteiger partial charge < -0.3 is 14.0 Å². The van der Waals surface area contributed by atoms with Crippen molar-refractivity contribution in [2.24, 2.45) is 0 Å². The number of aryl methyl sites for hydroxylation is 2. The lowest BCUT2D eigenvalue weighted by Gasteiger charge is -2.13. The minimum Gasteiger partial charge on any atom is -0.492 e. The highest BCUT2D eigenvalue weighted by atomic mass is 32.2. The summed E-state index contributed by atoms with van der Waals surface area (Å²) in [6, 6.07) is 26.4. The topological polar surface area (TPSA) is 84.6 Å². The number of carbonyl (C=O) groups excluding carboxylic acids is 2. The molecular weight excluding hydrogens is 522 g/mol. The molecule has 200 valence electrons. The highest BCUT2D eigenvalue weighted by molar-refractivity contribution is 8.18. The van der Waals surface area contributed by atoms with Crippen molar-refractivity contribution in [1.29, 1.82) is 5.26 Å². The van der Waals surface area contributed by atoms with Crippen LogP contribution >= 0.6 is 11.8 Å². The first-order chi connectivity index (χ1) is 19.3. The molecule has 2 heterocycles. The lowest BCUT2D eigenvalue weighted by atomic mass is 10.2. The number of amides is 2. The molecule has 0 bridgehead atoms. The summed E-state index contributed by atoms with van der Waals surface area (Å²) in [6.45, 7) is 6.40.